The number of amides is 1. The van der Waals surface area contributed by atoms with E-state index in [9.17, 15) is 4.79 Å². The van der Waals surface area contributed by atoms with Crippen molar-refractivity contribution in [2.24, 2.45) is 0 Å². The lowest BCUT2D eigenvalue weighted by molar-refractivity contribution is 0.102. The van der Waals surface area contributed by atoms with Crippen LogP contribution in [0.3, 0.4) is 0 Å². The Labute approximate surface area is 109 Å². The van der Waals surface area contributed by atoms with Crippen molar-refractivity contribution in [3.8, 4) is 6.07 Å². The van der Waals surface area contributed by atoms with Gasteiger partial charge in [0.15, 0.2) is 0 Å². The minimum absolute atomic E-state index is 0.254. The summed E-state index contributed by atoms with van der Waals surface area (Å²) in [7, 11) is 0. The van der Waals surface area contributed by atoms with Gasteiger partial charge in [-0.15, -0.1) is 0 Å². The van der Waals surface area contributed by atoms with Crippen LogP contribution in [0.4, 0.5) is 5.69 Å². The monoisotopic (exact) mass is 257 g/mol. The minimum Gasteiger partial charge on any atom is -0.321 e. The second-order valence-electron chi connectivity index (χ2n) is 3.50. The van der Waals surface area contributed by atoms with Crippen LogP contribution in [0.5, 0.6) is 0 Å². The number of nitrogens with zero attached hydrogens (tertiary/aromatic N) is 2. The number of nitrogens with one attached hydrogen (secondary N) is 1. The number of pyridine rings is 1. The van der Waals surface area contributed by atoms with Crippen molar-refractivity contribution < 1.29 is 4.79 Å². The van der Waals surface area contributed by atoms with Crippen LogP contribution in [0.15, 0.2) is 42.6 Å². The first-order valence-corrected chi connectivity index (χ1v) is 5.50. The number of halogens is 1. The molecule has 2 rings (SSSR count). The van der Waals surface area contributed by atoms with Crippen LogP contribution in [0.1, 0.15) is 16.1 Å². The lowest BCUT2D eigenvalue weighted by Crippen LogP contribution is -2.13. The van der Waals surface area contributed by atoms with E-state index in [1.54, 1.807) is 30.3 Å². The number of aromatic nitrogens is 1. The van der Waals surface area contributed by atoms with Crippen LogP contribution in [-0.4, -0.2) is 10.9 Å². The molecule has 4 nitrogen and oxygen atoms in total. The highest BCUT2D eigenvalue weighted by atomic mass is 35.5. The number of hydrogen-bond donors (Lipinski definition) is 1. The molecule has 1 N–H and O–H groups in total. The molecular formula is C13H8ClN3O. The molecule has 0 unspecified atom stereocenters. The highest BCUT2D eigenvalue weighted by Gasteiger charge is 2.07. The fourth-order valence-corrected chi connectivity index (χ4v) is 1.45. The van der Waals surface area contributed by atoms with Crippen LogP contribution in [-0.2, 0) is 0 Å². The molecule has 0 bridgehead atoms. The van der Waals surface area contributed by atoms with Gasteiger partial charge in [-0.25, -0.2) is 4.98 Å². The Morgan fingerprint density at radius 3 is 2.50 bits per heavy atom. The maximum atomic E-state index is 11.8. The van der Waals surface area contributed by atoms with Gasteiger partial charge in [0.25, 0.3) is 5.91 Å². The van der Waals surface area contributed by atoms with Gasteiger partial charge in [-0.05, 0) is 36.4 Å². The second-order valence-corrected chi connectivity index (χ2v) is 3.94. The molecule has 1 heterocycles. The number of benzene rings is 1. The molecule has 88 valence electrons. The largest absolute Gasteiger partial charge is 0.321 e. The fraction of sp³-hybridized carbons (Fsp3) is 0. The molecule has 0 spiro atoms. The molecule has 0 aliphatic rings. The zero-order valence-corrected chi connectivity index (χ0v) is 9.98. The van der Waals surface area contributed by atoms with Gasteiger partial charge >= 0.3 is 0 Å². The molecule has 0 saturated heterocycles. The first-order valence-electron chi connectivity index (χ1n) is 5.12. The normalized spacial score (nSPS) is 9.56. The Morgan fingerprint density at radius 1 is 1.22 bits per heavy atom. The lowest BCUT2D eigenvalue weighted by atomic mass is 10.2. The van der Waals surface area contributed by atoms with Crippen molar-refractivity contribution in [1.29, 1.82) is 5.26 Å². The molecule has 0 aliphatic carbocycles. The standard InChI is InChI=1S/C13H8ClN3O/c14-10-2-4-11(5-3-10)17-13(18)12-6-1-9(7-15)8-16-12/h1-6,8H,(H,17,18). The first kappa shape index (κ1) is 12.1. The van der Waals surface area contributed by atoms with Gasteiger partial charge in [-0.3, -0.25) is 4.79 Å². The molecule has 5 heteroatoms. The van der Waals surface area contributed by atoms with Gasteiger partial charge < -0.3 is 5.32 Å². The summed E-state index contributed by atoms with van der Waals surface area (Å²) in [5.41, 5.74) is 1.30. The molecule has 0 radical (unpaired) electrons. The average molecular weight is 258 g/mol. The lowest BCUT2D eigenvalue weighted by Gasteiger charge is -2.04. The van der Waals surface area contributed by atoms with Crippen molar-refractivity contribution in [3.63, 3.8) is 0 Å². The van der Waals surface area contributed by atoms with E-state index in [4.69, 9.17) is 16.9 Å². The van der Waals surface area contributed by atoms with E-state index in [0.717, 1.165) is 0 Å². The Bertz CT molecular complexity index is 600. The molecule has 0 atom stereocenters. The Morgan fingerprint density at radius 2 is 1.94 bits per heavy atom. The fourth-order valence-electron chi connectivity index (χ4n) is 1.32. The highest BCUT2D eigenvalue weighted by Crippen LogP contribution is 2.14. The third kappa shape index (κ3) is 2.84. The maximum absolute atomic E-state index is 11.8. The number of rotatable bonds is 2. The van der Waals surface area contributed by atoms with Crippen molar-refractivity contribution in [2.45, 2.75) is 0 Å². The molecular weight excluding hydrogens is 250 g/mol. The number of nitriles is 1. The summed E-state index contributed by atoms with van der Waals surface area (Å²) in [4.78, 5) is 15.7. The number of carbonyl (C=O) groups excluding carboxylic acids is 1. The molecule has 0 fully saturated rings. The van der Waals surface area contributed by atoms with Crippen LogP contribution in [0.25, 0.3) is 0 Å². The van der Waals surface area contributed by atoms with Gasteiger partial charge in [0, 0.05) is 16.9 Å². The van der Waals surface area contributed by atoms with E-state index >= 15 is 0 Å². The smallest absolute Gasteiger partial charge is 0.274 e. The summed E-state index contributed by atoms with van der Waals surface area (Å²) < 4.78 is 0. The van der Waals surface area contributed by atoms with Gasteiger partial charge in [0.2, 0.25) is 0 Å². The summed E-state index contributed by atoms with van der Waals surface area (Å²) in [5, 5.41) is 11.9. The van der Waals surface area contributed by atoms with E-state index in [2.05, 4.69) is 10.3 Å². The minimum atomic E-state index is -0.332. The summed E-state index contributed by atoms with van der Waals surface area (Å²) in [5.74, 6) is -0.332. The zero-order chi connectivity index (χ0) is 13.0. The molecule has 0 saturated carbocycles. The topological polar surface area (TPSA) is 65.8 Å². The Balaban J connectivity index is 2.12. The Kier molecular flexibility index (Phi) is 3.56. The molecule has 18 heavy (non-hydrogen) atoms. The molecule has 0 aliphatic heterocycles. The van der Waals surface area contributed by atoms with E-state index in [-0.39, 0.29) is 11.6 Å². The van der Waals surface area contributed by atoms with Gasteiger partial charge in [0.05, 0.1) is 5.56 Å². The predicted molar refractivity (Wildman–Crippen MR) is 68.4 cm³/mol. The van der Waals surface area contributed by atoms with Crippen molar-refractivity contribution in [3.05, 3.63) is 58.9 Å². The quantitative estimate of drug-likeness (QED) is 0.900. The first-order chi connectivity index (χ1) is 8.69. The van der Waals surface area contributed by atoms with Gasteiger partial charge in [-0.1, -0.05) is 11.6 Å². The highest BCUT2D eigenvalue weighted by molar-refractivity contribution is 6.30. The van der Waals surface area contributed by atoms with E-state index in [0.29, 0.717) is 16.3 Å². The number of hydrogen-bond acceptors (Lipinski definition) is 3. The summed E-state index contributed by atoms with van der Waals surface area (Å²) >= 11 is 5.74. The third-order valence-corrected chi connectivity index (χ3v) is 2.48. The van der Waals surface area contributed by atoms with Crippen LogP contribution in [0.2, 0.25) is 5.02 Å². The molecule has 1 aromatic heterocycles. The average Bonchev–Trinajstić information content (AvgIpc) is 2.41. The van der Waals surface area contributed by atoms with Crippen molar-refractivity contribution >= 4 is 23.2 Å². The Hall–Kier alpha value is -2.38. The van der Waals surface area contributed by atoms with E-state index < -0.39 is 0 Å². The van der Waals surface area contributed by atoms with Crippen LogP contribution >= 0.6 is 11.6 Å². The van der Waals surface area contributed by atoms with Crippen LogP contribution in [0, 0.1) is 11.3 Å². The zero-order valence-electron chi connectivity index (χ0n) is 9.22. The second kappa shape index (κ2) is 5.30. The third-order valence-electron chi connectivity index (χ3n) is 2.23. The summed E-state index contributed by atoms with van der Waals surface area (Å²) in [6, 6.07) is 11.8. The number of anilines is 1. The molecule has 1 aromatic carbocycles. The van der Waals surface area contributed by atoms with Crippen molar-refractivity contribution in [1.82, 2.24) is 4.98 Å². The summed E-state index contributed by atoms with van der Waals surface area (Å²) in [6.45, 7) is 0. The maximum Gasteiger partial charge on any atom is 0.274 e. The molecule has 2 aromatic rings. The van der Waals surface area contributed by atoms with E-state index in [1.807, 2.05) is 6.07 Å². The van der Waals surface area contributed by atoms with E-state index in [1.165, 1.54) is 12.3 Å². The number of carbonyl (C=O) groups is 1. The SMILES string of the molecule is N#Cc1ccc(C(=O)Nc2ccc(Cl)cc2)nc1. The summed E-state index contributed by atoms with van der Waals surface area (Å²) in [6.07, 6.45) is 1.36. The van der Waals surface area contributed by atoms with Crippen LogP contribution < -0.4 is 5.32 Å². The predicted octanol–water partition coefficient (Wildman–Crippen LogP) is 2.86. The van der Waals surface area contributed by atoms with Gasteiger partial charge in [-0.2, -0.15) is 5.26 Å². The van der Waals surface area contributed by atoms with Gasteiger partial charge in [0.1, 0.15) is 11.8 Å². The molecule has 1 amide bonds. The van der Waals surface area contributed by atoms with Crippen molar-refractivity contribution in [2.75, 3.05) is 5.32 Å².